The molecule has 2 N–H and O–H groups in total. The van der Waals surface area contributed by atoms with Gasteiger partial charge in [0.15, 0.2) is 0 Å². The molecule has 2 aromatic heterocycles. The van der Waals surface area contributed by atoms with E-state index >= 15 is 0 Å². The van der Waals surface area contributed by atoms with Gasteiger partial charge in [0.2, 0.25) is 0 Å². The van der Waals surface area contributed by atoms with Crippen molar-refractivity contribution >= 4 is 32.9 Å². The summed E-state index contributed by atoms with van der Waals surface area (Å²) in [5.74, 6) is 0.895. The number of imidazole rings is 1. The monoisotopic (exact) mass is 358 g/mol. The van der Waals surface area contributed by atoms with E-state index in [0.29, 0.717) is 5.69 Å². The highest BCUT2D eigenvalue weighted by Gasteiger charge is 2.33. The maximum Gasteiger partial charge on any atom is 0.270 e. The number of nitrogens with one attached hydrogen (secondary N) is 2. The lowest BCUT2D eigenvalue weighted by molar-refractivity contribution is 0.0725. The third-order valence-corrected chi connectivity index (χ3v) is 4.57. The molecule has 0 aliphatic carbocycles. The number of nitrogens with zero attached hydrogens (tertiary/aromatic N) is 2. The molecule has 0 spiro atoms. The normalized spacial score (nSPS) is 18.2. The highest BCUT2D eigenvalue weighted by atomic mass is 79.9. The fourth-order valence-corrected chi connectivity index (χ4v) is 3.41. The first kappa shape index (κ1) is 13.6. The standard InChI is InChI=1S/C16H15BrN4O/c17-10-8-13(18-9-10)16(22)21-7-3-6-14(21)15-19-11-4-1-2-5-12(11)20-15/h1-2,4-5,8-9,14,18H,3,6-7H2,(H,19,20). The van der Waals surface area contributed by atoms with Gasteiger partial charge < -0.3 is 14.9 Å². The Balaban J connectivity index is 1.67. The van der Waals surface area contributed by atoms with Crippen LogP contribution in [0.1, 0.15) is 35.2 Å². The molecule has 1 aliphatic rings. The predicted molar refractivity (Wildman–Crippen MR) is 87.6 cm³/mol. The molecule has 1 fully saturated rings. The molecular formula is C16H15BrN4O. The number of para-hydroxylation sites is 2. The van der Waals surface area contributed by atoms with Crippen molar-refractivity contribution in [2.24, 2.45) is 0 Å². The van der Waals surface area contributed by atoms with E-state index in [1.807, 2.05) is 35.2 Å². The highest BCUT2D eigenvalue weighted by Crippen LogP contribution is 2.32. The second-order valence-corrected chi connectivity index (χ2v) is 6.44. The van der Waals surface area contributed by atoms with Crippen LogP contribution in [0, 0.1) is 0 Å². The molecule has 1 atom stereocenters. The average molecular weight is 359 g/mol. The van der Waals surface area contributed by atoms with Crippen molar-refractivity contribution < 1.29 is 4.79 Å². The lowest BCUT2D eigenvalue weighted by Gasteiger charge is -2.22. The summed E-state index contributed by atoms with van der Waals surface area (Å²) < 4.78 is 0.885. The van der Waals surface area contributed by atoms with Gasteiger partial charge in [-0.1, -0.05) is 12.1 Å². The maximum atomic E-state index is 12.7. The molecule has 1 saturated heterocycles. The van der Waals surface area contributed by atoms with E-state index in [9.17, 15) is 4.79 Å². The first-order chi connectivity index (χ1) is 10.7. The maximum absolute atomic E-state index is 12.7. The smallest absolute Gasteiger partial charge is 0.270 e. The number of hydrogen-bond acceptors (Lipinski definition) is 2. The van der Waals surface area contributed by atoms with Crippen LogP contribution < -0.4 is 0 Å². The molecule has 3 aromatic rings. The lowest BCUT2D eigenvalue weighted by atomic mass is 10.2. The van der Waals surface area contributed by atoms with Crippen LogP contribution >= 0.6 is 15.9 Å². The summed E-state index contributed by atoms with van der Waals surface area (Å²) in [5.41, 5.74) is 2.56. The molecule has 0 saturated carbocycles. The Morgan fingerprint density at radius 2 is 2.23 bits per heavy atom. The molecule has 0 bridgehead atoms. The summed E-state index contributed by atoms with van der Waals surface area (Å²) >= 11 is 3.37. The number of aromatic amines is 2. The number of hydrogen-bond donors (Lipinski definition) is 2. The zero-order valence-electron chi connectivity index (χ0n) is 11.8. The van der Waals surface area contributed by atoms with E-state index in [-0.39, 0.29) is 11.9 Å². The summed E-state index contributed by atoms with van der Waals surface area (Å²) in [6.07, 6.45) is 3.71. The highest BCUT2D eigenvalue weighted by molar-refractivity contribution is 9.10. The van der Waals surface area contributed by atoms with E-state index in [1.54, 1.807) is 6.20 Å². The van der Waals surface area contributed by atoms with Gasteiger partial charge in [-0.2, -0.15) is 0 Å². The molecule has 4 rings (SSSR count). The van der Waals surface area contributed by atoms with Crippen LogP contribution in [0.3, 0.4) is 0 Å². The Bertz CT molecular complexity index is 804. The zero-order chi connectivity index (χ0) is 15.1. The number of carbonyl (C=O) groups excluding carboxylic acids is 1. The minimum atomic E-state index is 0.0157. The van der Waals surface area contributed by atoms with E-state index < -0.39 is 0 Å². The number of H-pyrrole nitrogens is 2. The van der Waals surface area contributed by atoms with Crippen molar-refractivity contribution in [3.05, 3.63) is 52.5 Å². The minimum Gasteiger partial charge on any atom is -0.356 e. The van der Waals surface area contributed by atoms with Crippen molar-refractivity contribution in [1.82, 2.24) is 19.9 Å². The number of benzene rings is 1. The van der Waals surface area contributed by atoms with Gasteiger partial charge in [0, 0.05) is 17.2 Å². The molecule has 1 amide bonds. The Morgan fingerprint density at radius 1 is 1.36 bits per heavy atom. The first-order valence-corrected chi connectivity index (χ1v) is 8.11. The molecule has 112 valence electrons. The van der Waals surface area contributed by atoms with Gasteiger partial charge in [0.25, 0.3) is 5.91 Å². The van der Waals surface area contributed by atoms with Gasteiger partial charge in [-0.3, -0.25) is 4.79 Å². The lowest BCUT2D eigenvalue weighted by Crippen LogP contribution is -2.31. The van der Waals surface area contributed by atoms with Gasteiger partial charge in [-0.15, -0.1) is 0 Å². The Labute approximate surface area is 135 Å². The molecule has 22 heavy (non-hydrogen) atoms. The van der Waals surface area contributed by atoms with Crippen LogP contribution in [0.5, 0.6) is 0 Å². The van der Waals surface area contributed by atoms with Crippen molar-refractivity contribution in [3.63, 3.8) is 0 Å². The number of likely N-dealkylation sites (tertiary alicyclic amines) is 1. The van der Waals surface area contributed by atoms with Gasteiger partial charge in [-0.25, -0.2) is 4.98 Å². The van der Waals surface area contributed by atoms with Crippen LogP contribution in [0.15, 0.2) is 41.0 Å². The van der Waals surface area contributed by atoms with E-state index in [1.165, 1.54) is 0 Å². The quantitative estimate of drug-likeness (QED) is 0.734. The second-order valence-electron chi connectivity index (χ2n) is 5.53. The second kappa shape index (κ2) is 5.28. The number of fused-ring (bicyclic) bond motifs is 1. The molecule has 1 aliphatic heterocycles. The third kappa shape index (κ3) is 2.23. The molecule has 6 heteroatoms. The van der Waals surface area contributed by atoms with Gasteiger partial charge in [0.05, 0.1) is 17.1 Å². The van der Waals surface area contributed by atoms with Crippen LogP contribution in [0.25, 0.3) is 11.0 Å². The SMILES string of the molecule is O=C(c1cc(Br)c[nH]1)N1CCCC1c1nc2ccccc2[nH]1. The van der Waals surface area contributed by atoms with Gasteiger partial charge in [-0.05, 0) is 47.0 Å². The minimum absolute atomic E-state index is 0.0157. The van der Waals surface area contributed by atoms with Gasteiger partial charge in [0.1, 0.15) is 11.5 Å². The Kier molecular flexibility index (Phi) is 3.26. The van der Waals surface area contributed by atoms with Crippen LogP contribution in [0.4, 0.5) is 0 Å². The van der Waals surface area contributed by atoms with E-state index in [2.05, 4.69) is 30.9 Å². The van der Waals surface area contributed by atoms with Gasteiger partial charge >= 0.3 is 0 Å². The fraction of sp³-hybridized carbons (Fsp3) is 0.250. The van der Waals surface area contributed by atoms with E-state index in [4.69, 9.17) is 0 Å². The van der Waals surface area contributed by atoms with Crippen molar-refractivity contribution in [2.45, 2.75) is 18.9 Å². The summed E-state index contributed by atoms with van der Waals surface area (Å²) in [6.45, 7) is 0.761. The van der Waals surface area contributed by atoms with Crippen molar-refractivity contribution in [2.75, 3.05) is 6.54 Å². The van der Waals surface area contributed by atoms with Crippen LogP contribution in [-0.4, -0.2) is 32.3 Å². The summed E-state index contributed by atoms with van der Waals surface area (Å²) in [7, 11) is 0. The van der Waals surface area contributed by atoms with Crippen LogP contribution in [-0.2, 0) is 0 Å². The topological polar surface area (TPSA) is 64.8 Å². The molecule has 1 unspecified atom stereocenters. The Hall–Kier alpha value is -2.08. The third-order valence-electron chi connectivity index (χ3n) is 4.12. The largest absolute Gasteiger partial charge is 0.356 e. The number of carbonyl (C=O) groups is 1. The number of amides is 1. The number of rotatable bonds is 2. The van der Waals surface area contributed by atoms with Crippen LogP contribution in [0.2, 0.25) is 0 Å². The molecular weight excluding hydrogens is 344 g/mol. The number of halogens is 1. The zero-order valence-corrected chi connectivity index (χ0v) is 13.4. The van der Waals surface area contributed by atoms with Crippen molar-refractivity contribution in [1.29, 1.82) is 0 Å². The molecule has 3 heterocycles. The number of aromatic nitrogens is 3. The predicted octanol–water partition coefficient (Wildman–Crippen LogP) is 3.63. The molecule has 0 radical (unpaired) electrons. The van der Waals surface area contributed by atoms with E-state index in [0.717, 1.165) is 40.7 Å². The summed E-state index contributed by atoms with van der Waals surface area (Å²) in [4.78, 5) is 25.6. The molecule has 1 aromatic carbocycles. The summed E-state index contributed by atoms with van der Waals surface area (Å²) in [5, 5.41) is 0. The Morgan fingerprint density at radius 3 is 3.00 bits per heavy atom. The molecule has 5 nitrogen and oxygen atoms in total. The summed E-state index contributed by atoms with van der Waals surface area (Å²) in [6, 6.07) is 9.78. The average Bonchev–Trinajstić information content (AvgIpc) is 3.24. The van der Waals surface area contributed by atoms with Crippen molar-refractivity contribution in [3.8, 4) is 0 Å². The first-order valence-electron chi connectivity index (χ1n) is 7.32. The fourth-order valence-electron chi connectivity index (χ4n) is 3.07.